The molecule has 3 aromatic carbocycles. The molecule has 37 heavy (non-hydrogen) atoms. The number of carbonyl (C=O) groups excluding carboxylic acids is 2. The van der Waals surface area contributed by atoms with Crippen LogP contribution in [0.5, 0.6) is 11.5 Å². The summed E-state index contributed by atoms with van der Waals surface area (Å²) in [5.41, 5.74) is 4.60. The molecule has 0 saturated carbocycles. The lowest BCUT2D eigenvalue weighted by molar-refractivity contribution is -0.132. The molecule has 1 fully saturated rings. The minimum Gasteiger partial charge on any atom is -0.508 e. The molecule has 2 unspecified atom stereocenters. The molecule has 6 rings (SSSR count). The summed E-state index contributed by atoms with van der Waals surface area (Å²) in [6.07, 6.45) is 0.710. The fourth-order valence-corrected chi connectivity index (χ4v) is 6.40. The van der Waals surface area contributed by atoms with Gasteiger partial charge in [-0.2, -0.15) is 0 Å². The van der Waals surface area contributed by atoms with Crippen LogP contribution in [0.15, 0.2) is 60.2 Å². The van der Waals surface area contributed by atoms with Crippen molar-refractivity contribution in [2.75, 3.05) is 4.90 Å². The molecule has 2 atom stereocenters. The lowest BCUT2D eigenvalue weighted by atomic mass is 9.94. The molecule has 2 N–H and O–H groups in total. The lowest BCUT2D eigenvalue weighted by Crippen LogP contribution is -2.29. The number of ether oxygens (including phenoxy) is 1. The molecule has 0 bridgehead atoms. The number of fused-ring (bicyclic) bond motifs is 2. The molecule has 8 heteroatoms. The summed E-state index contributed by atoms with van der Waals surface area (Å²) >= 11 is 1.32. The van der Waals surface area contributed by atoms with Crippen LogP contribution in [0.2, 0.25) is 0 Å². The molecule has 186 valence electrons. The van der Waals surface area contributed by atoms with Gasteiger partial charge in [0.2, 0.25) is 0 Å². The Bertz CT molecular complexity index is 1650. The Morgan fingerprint density at radius 1 is 1.11 bits per heavy atom. The summed E-state index contributed by atoms with van der Waals surface area (Å²) in [6, 6.07) is 14.7. The maximum absolute atomic E-state index is 13.5. The highest BCUT2D eigenvalue weighted by molar-refractivity contribution is 7.22. The number of aliphatic hydroxyl groups excluding tert-OH is 1. The number of hydrogen-bond donors (Lipinski definition) is 2. The van der Waals surface area contributed by atoms with E-state index < -0.39 is 17.7 Å². The lowest BCUT2D eigenvalue weighted by Gasteiger charge is -2.23. The number of hydrogen-bond acceptors (Lipinski definition) is 7. The molecule has 2 aliphatic rings. The van der Waals surface area contributed by atoms with Crippen molar-refractivity contribution in [3.8, 4) is 11.5 Å². The van der Waals surface area contributed by atoms with Gasteiger partial charge in [0.15, 0.2) is 5.13 Å². The van der Waals surface area contributed by atoms with Gasteiger partial charge >= 0.3 is 5.91 Å². The first-order valence-electron chi connectivity index (χ1n) is 12.0. The predicted molar refractivity (Wildman–Crippen MR) is 142 cm³/mol. The van der Waals surface area contributed by atoms with E-state index >= 15 is 0 Å². The van der Waals surface area contributed by atoms with Gasteiger partial charge in [-0.25, -0.2) is 4.98 Å². The second kappa shape index (κ2) is 8.45. The summed E-state index contributed by atoms with van der Waals surface area (Å²) in [6.45, 7) is 5.92. The normalized spacial score (nSPS) is 20.5. The number of thiazole rings is 1. The number of phenolic OH excluding ortho intramolecular Hbond substituents is 1. The number of rotatable bonds is 3. The molecular formula is C29H24N2O5S. The van der Waals surface area contributed by atoms with Crippen LogP contribution in [0.4, 0.5) is 5.13 Å². The minimum atomic E-state index is -0.961. The van der Waals surface area contributed by atoms with Crippen LogP contribution in [0.3, 0.4) is 0 Å². The van der Waals surface area contributed by atoms with E-state index in [0.29, 0.717) is 22.7 Å². The number of aromatic hydroxyl groups is 1. The van der Waals surface area contributed by atoms with Crippen molar-refractivity contribution in [2.24, 2.45) is 0 Å². The van der Waals surface area contributed by atoms with Crippen molar-refractivity contribution in [2.45, 2.75) is 39.3 Å². The zero-order valence-electron chi connectivity index (χ0n) is 20.5. The second-order valence-electron chi connectivity index (χ2n) is 9.64. The SMILES string of the molecule is Cc1cc(C)c2nc(N3C(=O)C(=O)/C(=C(\O)c4ccc5c(c4)CC(C)O5)C3c3cccc(O)c3)sc2c1. The van der Waals surface area contributed by atoms with E-state index in [4.69, 9.17) is 9.72 Å². The minimum absolute atomic E-state index is 0.0116. The van der Waals surface area contributed by atoms with Gasteiger partial charge in [-0.3, -0.25) is 14.5 Å². The maximum atomic E-state index is 13.5. The molecule has 0 radical (unpaired) electrons. The van der Waals surface area contributed by atoms with Crippen molar-refractivity contribution in [1.82, 2.24) is 4.98 Å². The molecule has 1 aromatic heterocycles. The van der Waals surface area contributed by atoms with Crippen LogP contribution in [0.25, 0.3) is 16.0 Å². The van der Waals surface area contributed by atoms with E-state index in [9.17, 15) is 19.8 Å². The van der Waals surface area contributed by atoms with Crippen molar-refractivity contribution < 1.29 is 24.5 Å². The fraction of sp³-hybridized carbons (Fsp3) is 0.207. The van der Waals surface area contributed by atoms with E-state index in [1.807, 2.05) is 32.9 Å². The zero-order chi connectivity index (χ0) is 26.0. The number of benzene rings is 3. The van der Waals surface area contributed by atoms with Crippen LogP contribution >= 0.6 is 11.3 Å². The number of phenols is 1. The van der Waals surface area contributed by atoms with Crippen molar-refractivity contribution >= 4 is 44.1 Å². The van der Waals surface area contributed by atoms with Gasteiger partial charge in [0.1, 0.15) is 23.4 Å². The highest BCUT2D eigenvalue weighted by Gasteiger charge is 2.48. The molecule has 0 spiro atoms. The average Bonchev–Trinajstić information content (AvgIpc) is 3.51. The molecule has 1 saturated heterocycles. The number of carbonyl (C=O) groups is 2. The van der Waals surface area contributed by atoms with E-state index in [1.54, 1.807) is 30.3 Å². The Hall–Kier alpha value is -4.17. The van der Waals surface area contributed by atoms with Gasteiger partial charge in [0.05, 0.1) is 21.8 Å². The summed E-state index contributed by atoms with van der Waals surface area (Å²) in [5, 5.41) is 22.0. The molecule has 0 aliphatic carbocycles. The molecular weight excluding hydrogens is 488 g/mol. The number of anilines is 1. The number of amides is 1. The third-order valence-electron chi connectivity index (χ3n) is 6.82. The van der Waals surface area contributed by atoms with Crippen molar-refractivity contribution in [3.63, 3.8) is 0 Å². The van der Waals surface area contributed by atoms with E-state index in [-0.39, 0.29) is 23.2 Å². The van der Waals surface area contributed by atoms with Crippen LogP contribution < -0.4 is 9.64 Å². The van der Waals surface area contributed by atoms with Gasteiger partial charge in [-0.05, 0) is 79.4 Å². The number of nitrogens with zero attached hydrogens (tertiary/aromatic N) is 2. The third kappa shape index (κ3) is 3.76. The molecule has 2 aliphatic heterocycles. The molecule has 1 amide bonds. The topological polar surface area (TPSA) is 100.0 Å². The Labute approximate surface area is 217 Å². The summed E-state index contributed by atoms with van der Waals surface area (Å²) in [7, 11) is 0. The summed E-state index contributed by atoms with van der Waals surface area (Å²) in [5.74, 6) is -1.12. The first-order valence-corrected chi connectivity index (χ1v) is 12.8. The first kappa shape index (κ1) is 23.2. The molecule has 7 nitrogen and oxygen atoms in total. The number of aryl methyl sites for hydroxylation is 2. The quantitative estimate of drug-likeness (QED) is 0.212. The van der Waals surface area contributed by atoms with Gasteiger partial charge in [-0.15, -0.1) is 0 Å². The fourth-order valence-electron chi connectivity index (χ4n) is 5.23. The summed E-state index contributed by atoms with van der Waals surface area (Å²) in [4.78, 5) is 33.0. The van der Waals surface area contributed by atoms with E-state index in [1.165, 1.54) is 28.4 Å². The largest absolute Gasteiger partial charge is 0.508 e. The Morgan fingerprint density at radius 2 is 1.92 bits per heavy atom. The number of aliphatic hydroxyl groups is 1. The second-order valence-corrected chi connectivity index (χ2v) is 10.7. The Kier molecular flexibility index (Phi) is 5.31. The van der Waals surface area contributed by atoms with Gasteiger partial charge in [0, 0.05) is 12.0 Å². The maximum Gasteiger partial charge on any atom is 0.301 e. The van der Waals surface area contributed by atoms with Gasteiger partial charge in [-0.1, -0.05) is 29.5 Å². The Balaban J connectivity index is 1.55. The summed E-state index contributed by atoms with van der Waals surface area (Å²) < 4.78 is 6.67. The van der Waals surface area contributed by atoms with E-state index in [0.717, 1.165) is 32.7 Å². The average molecular weight is 513 g/mol. The molecule has 3 heterocycles. The number of Topliss-reactive ketones (excluding diaryl/α,β-unsaturated/α-hetero) is 1. The van der Waals surface area contributed by atoms with Crippen LogP contribution in [0.1, 0.15) is 40.8 Å². The van der Waals surface area contributed by atoms with E-state index in [2.05, 4.69) is 0 Å². The third-order valence-corrected chi connectivity index (χ3v) is 7.83. The van der Waals surface area contributed by atoms with Crippen LogP contribution in [-0.2, 0) is 16.0 Å². The van der Waals surface area contributed by atoms with Crippen LogP contribution in [0, 0.1) is 13.8 Å². The number of ketones is 1. The van der Waals surface area contributed by atoms with Crippen molar-refractivity contribution in [1.29, 1.82) is 0 Å². The smallest absolute Gasteiger partial charge is 0.301 e. The Morgan fingerprint density at radius 3 is 2.70 bits per heavy atom. The zero-order valence-corrected chi connectivity index (χ0v) is 21.3. The van der Waals surface area contributed by atoms with Crippen LogP contribution in [-0.4, -0.2) is 33.0 Å². The predicted octanol–water partition coefficient (Wildman–Crippen LogP) is 5.57. The van der Waals surface area contributed by atoms with Gasteiger partial charge in [0.25, 0.3) is 5.78 Å². The first-order chi connectivity index (χ1) is 17.7. The van der Waals surface area contributed by atoms with Gasteiger partial charge < -0.3 is 14.9 Å². The standard InChI is InChI=1S/C29H24N2O5S/c1-14-9-15(2)24-22(10-14)37-29(30-24)31-25(17-5-4-6-20(32)13-17)23(27(34)28(31)35)26(33)18-7-8-21-19(12-18)11-16(3)36-21/h4-10,12-13,16,25,32-33H,11H2,1-3H3/b26-23-. The van der Waals surface area contributed by atoms with Crippen molar-refractivity contribution in [3.05, 3.63) is 88.0 Å². The monoisotopic (exact) mass is 512 g/mol. The number of aromatic nitrogens is 1. The highest BCUT2D eigenvalue weighted by atomic mass is 32.1. The highest BCUT2D eigenvalue weighted by Crippen LogP contribution is 2.45. The molecule has 4 aromatic rings.